The molecule has 2 amide bonds. The van der Waals surface area contributed by atoms with Crippen molar-refractivity contribution in [2.45, 2.75) is 76.4 Å². The van der Waals surface area contributed by atoms with Gasteiger partial charge in [0.15, 0.2) is 0 Å². The van der Waals surface area contributed by atoms with Gasteiger partial charge >= 0.3 is 12.2 Å². The molecular weight excluding hydrogens is 652 g/mol. The maximum atomic E-state index is 11.9. The van der Waals surface area contributed by atoms with Crippen LogP contribution in [0.2, 0.25) is 0 Å². The van der Waals surface area contributed by atoms with Crippen LogP contribution in [0.1, 0.15) is 64.2 Å². The highest BCUT2D eigenvalue weighted by Gasteiger charge is 2.15. The van der Waals surface area contributed by atoms with E-state index < -0.39 is 0 Å². The molecule has 2 rings (SSSR count). The minimum absolute atomic E-state index is 0.00922. The fraction of sp³-hybridized carbons (Fsp3) is 0.833. The first kappa shape index (κ1) is 43.9. The van der Waals surface area contributed by atoms with Crippen LogP contribution in [0.5, 0.6) is 0 Å². The first-order chi connectivity index (χ1) is 24.7. The highest BCUT2D eigenvalue weighted by Crippen LogP contribution is 2.16. The Hall–Kier alpha value is -2.30. The van der Waals surface area contributed by atoms with Crippen molar-refractivity contribution in [3.8, 4) is 0 Å². The normalized spacial score (nSPS) is 19.4. The second-order valence-corrected chi connectivity index (χ2v) is 11.8. The molecule has 0 aromatic heterocycles. The third kappa shape index (κ3) is 28.4. The third-order valence-electron chi connectivity index (χ3n) is 7.62. The first-order valence-corrected chi connectivity index (χ1v) is 18.5. The van der Waals surface area contributed by atoms with Crippen LogP contribution in [0.3, 0.4) is 0 Å². The fourth-order valence-electron chi connectivity index (χ4n) is 4.96. The summed E-state index contributed by atoms with van der Waals surface area (Å²) < 4.78 is 54.8. The molecule has 2 aliphatic rings. The second kappa shape index (κ2) is 33.8. The molecule has 0 spiro atoms. The van der Waals surface area contributed by atoms with Gasteiger partial charge < -0.3 is 58.0 Å². The zero-order valence-electron chi connectivity index (χ0n) is 30.2. The molecule has 0 fully saturated rings. The van der Waals surface area contributed by atoms with Gasteiger partial charge in [0.25, 0.3) is 0 Å². The maximum absolute atomic E-state index is 11.9. The SMILES string of the molecule is O=C(NCCOCCOCCOCCOCCOCCOCCOCCOCCNC(=O)OC1CC/C=C\CCC1)OC1CC/C=C\CCC1. The molecule has 0 saturated carbocycles. The highest BCUT2D eigenvalue weighted by molar-refractivity contribution is 5.67. The van der Waals surface area contributed by atoms with E-state index in [2.05, 4.69) is 34.9 Å². The Morgan fingerprint density at radius 1 is 0.400 bits per heavy atom. The lowest BCUT2D eigenvalue weighted by Gasteiger charge is -2.18. The number of amides is 2. The Morgan fingerprint density at radius 2 is 0.680 bits per heavy atom. The quantitative estimate of drug-likeness (QED) is 0.0837. The summed E-state index contributed by atoms with van der Waals surface area (Å²) in [6.45, 7) is 8.25. The van der Waals surface area contributed by atoms with Crippen LogP contribution in [0.15, 0.2) is 24.3 Å². The predicted octanol–water partition coefficient (Wildman–Crippen LogP) is 4.35. The van der Waals surface area contributed by atoms with Crippen LogP contribution >= 0.6 is 0 Å². The number of carbonyl (C=O) groups is 2. The van der Waals surface area contributed by atoms with E-state index in [0.717, 1.165) is 64.2 Å². The van der Waals surface area contributed by atoms with Crippen LogP contribution < -0.4 is 10.6 Å². The molecule has 0 heterocycles. The maximum Gasteiger partial charge on any atom is 0.407 e. The molecule has 0 radical (unpaired) electrons. The summed E-state index contributed by atoms with van der Waals surface area (Å²) in [6.07, 6.45) is 17.6. The molecule has 2 aliphatic carbocycles. The van der Waals surface area contributed by atoms with Crippen molar-refractivity contribution in [2.75, 3.05) is 119 Å². The van der Waals surface area contributed by atoms with Gasteiger partial charge in [0, 0.05) is 13.1 Å². The van der Waals surface area contributed by atoms with Crippen LogP contribution in [-0.2, 0) is 47.4 Å². The van der Waals surface area contributed by atoms with Crippen molar-refractivity contribution in [3.63, 3.8) is 0 Å². The minimum Gasteiger partial charge on any atom is -0.446 e. The summed E-state index contributed by atoms with van der Waals surface area (Å²) in [5, 5.41) is 5.47. The summed E-state index contributed by atoms with van der Waals surface area (Å²) in [6, 6.07) is 0. The van der Waals surface area contributed by atoms with Crippen molar-refractivity contribution >= 4 is 12.2 Å². The highest BCUT2D eigenvalue weighted by atomic mass is 16.6. The molecule has 14 nitrogen and oxygen atoms in total. The molecule has 0 aromatic rings. The van der Waals surface area contributed by atoms with E-state index in [1.807, 2.05) is 0 Å². The number of carbonyl (C=O) groups excluding carboxylic acids is 2. The van der Waals surface area contributed by atoms with Gasteiger partial charge in [0.1, 0.15) is 12.2 Å². The zero-order chi connectivity index (χ0) is 35.4. The average molecular weight is 717 g/mol. The summed E-state index contributed by atoms with van der Waals surface area (Å²) in [5.74, 6) is 0. The Morgan fingerprint density at radius 3 is 1.00 bits per heavy atom. The molecule has 290 valence electrons. The number of hydrogen-bond acceptors (Lipinski definition) is 12. The molecule has 2 unspecified atom stereocenters. The van der Waals surface area contributed by atoms with Crippen molar-refractivity contribution in [3.05, 3.63) is 24.3 Å². The van der Waals surface area contributed by atoms with Gasteiger partial charge in [-0.25, -0.2) is 9.59 Å². The Balaban J connectivity index is 1.18. The van der Waals surface area contributed by atoms with E-state index in [0.29, 0.717) is 119 Å². The van der Waals surface area contributed by atoms with E-state index in [1.165, 1.54) is 0 Å². The lowest BCUT2D eigenvalue weighted by atomic mass is 10.0. The number of hydrogen-bond donors (Lipinski definition) is 2. The number of rotatable bonds is 29. The standard InChI is InChI=1S/C36H64N2O12/c39-35(49-33-11-7-3-1-4-8-12-33)37-15-17-41-19-21-43-23-25-45-27-29-47-31-32-48-30-28-46-26-24-44-22-20-42-18-16-38-36(40)50-34-13-9-5-2-6-10-14-34/h1-3,5,33-34H,4,6-32H2,(H,37,39)(H,38,40)/b3-1-,5-2-. The summed E-state index contributed by atoms with van der Waals surface area (Å²) in [4.78, 5) is 23.8. The lowest BCUT2D eigenvalue weighted by molar-refractivity contribution is -0.0229. The van der Waals surface area contributed by atoms with Gasteiger partial charge in [0.05, 0.1) is 106 Å². The largest absolute Gasteiger partial charge is 0.446 e. The van der Waals surface area contributed by atoms with E-state index in [4.69, 9.17) is 47.4 Å². The van der Waals surface area contributed by atoms with Crippen molar-refractivity contribution < 1.29 is 57.0 Å². The van der Waals surface area contributed by atoms with Gasteiger partial charge in [-0.1, -0.05) is 24.3 Å². The van der Waals surface area contributed by atoms with Crippen LogP contribution in [0, 0.1) is 0 Å². The predicted molar refractivity (Wildman–Crippen MR) is 188 cm³/mol. The number of nitrogens with one attached hydrogen (secondary N) is 2. The summed E-state index contributed by atoms with van der Waals surface area (Å²) >= 11 is 0. The molecule has 0 aliphatic heterocycles. The van der Waals surface area contributed by atoms with Gasteiger partial charge in [-0.3, -0.25) is 0 Å². The molecule has 0 saturated heterocycles. The molecule has 2 atom stereocenters. The second-order valence-electron chi connectivity index (χ2n) is 11.8. The molecule has 2 N–H and O–H groups in total. The number of allylic oxidation sites excluding steroid dienone is 4. The average Bonchev–Trinajstić information content (AvgIpc) is 3.08. The Kier molecular flexibility index (Phi) is 29.7. The van der Waals surface area contributed by atoms with Gasteiger partial charge in [-0.2, -0.15) is 0 Å². The molecule has 0 aromatic carbocycles. The van der Waals surface area contributed by atoms with E-state index >= 15 is 0 Å². The summed E-state index contributed by atoms with van der Waals surface area (Å²) in [5.41, 5.74) is 0. The number of alkyl carbamates (subject to hydrolysis) is 2. The molecule has 14 heteroatoms. The third-order valence-corrected chi connectivity index (χ3v) is 7.62. The van der Waals surface area contributed by atoms with Crippen molar-refractivity contribution in [1.82, 2.24) is 10.6 Å². The monoisotopic (exact) mass is 716 g/mol. The van der Waals surface area contributed by atoms with E-state index in [-0.39, 0.29) is 24.4 Å². The molecular formula is C36H64N2O12. The smallest absolute Gasteiger partial charge is 0.407 e. The summed E-state index contributed by atoms with van der Waals surface area (Å²) in [7, 11) is 0. The van der Waals surface area contributed by atoms with Crippen LogP contribution in [-0.4, -0.2) is 143 Å². The van der Waals surface area contributed by atoms with Crippen molar-refractivity contribution in [2.24, 2.45) is 0 Å². The van der Waals surface area contributed by atoms with E-state index in [9.17, 15) is 9.59 Å². The Labute approximate surface area is 299 Å². The lowest BCUT2D eigenvalue weighted by Crippen LogP contribution is -2.31. The topological polar surface area (TPSA) is 150 Å². The van der Waals surface area contributed by atoms with Gasteiger partial charge in [0.2, 0.25) is 0 Å². The van der Waals surface area contributed by atoms with Crippen molar-refractivity contribution in [1.29, 1.82) is 0 Å². The number of ether oxygens (including phenoxy) is 10. The van der Waals surface area contributed by atoms with Crippen LogP contribution in [0.25, 0.3) is 0 Å². The zero-order valence-corrected chi connectivity index (χ0v) is 30.2. The van der Waals surface area contributed by atoms with Gasteiger partial charge in [-0.05, 0) is 64.2 Å². The molecule has 0 bridgehead atoms. The van der Waals surface area contributed by atoms with E-state index in [1.54, 1.807) is 0 Å². The fourth-order valence-corrected chi connectivity index (χ4v) is 4.96. The Bertz CT molecular complexity index is 795. The molecule has 50 heavy (non-hydrogen) atoms. The first-order valence-electron chi connectivity index (χ1n) is 18.5. The minimum atomic E-state index is -0.378. The van der Waals surface area contributed by atoms with Crippen LogP contribution in [0.4, 0.5) is 9.59 Å². The van der Waals surface area contributed by atoms with Gasteiger partial charge in [-0.15, -0.1) is 0 Å².